The second-order valence-corrected chi connectivity index (χ2v) is 6.36. The van der Waals surface area contributed by atoms with Crippen molar-refractivity contribution in [3.05, 3.63) is 41.9 Å². The van der Waals surface area contributed by atoms with Crippen LogP contribution in [0.25, 0.3) is 0 Å². The van der Waals surface area contributed by atoms with Gasteiger partial charge >= 0.3 is 0 Å². The minimum absolute atomic E-state index is 0.0560. The van der Waals surface area contributed by atoms with Crippen molar-refractivity contribution in [3.63, 3.8) is 0 Å². The van der Waals surface area contributed by atoms with Gasteiger partial charge < -0.3 is 10.2 Å². The Morgan fingerprint density at radius 3 is 2.92 bits per heavy atom. The normalized spacial score (nSPS) is 22.8. The lowest BCUT2D eigenvalue weighted by Gasteiger charge is -2.42. The van der Waals surface area contributed by atoms with Crippen LogP contribution in [0.5, 0.6) is 0 Å². The van der Waals surface area contributed by atoms with E-state index in [1.807, 2.05) is 44.5 Å². The highest BCUT2D eigenvalue weighted by atomic mass is 16.2. The number of carbonyl (C=O) groups is 2. The molecule has 7 heteroatoms. The standard InChI is InChI=1S/C17H21N5O2/c1-12-4-8-22-14(10-12)19-15(23)11-17(22,3)16(24)18-6-9-21-7-5-13(2)20-21/h4-5,7-8,10H,6,9,11H2,1-3H3,(H,18,24). The summed E-state index contributed by atoms with van der Waals surface area (Å²) in [6.45, 7) is 6.65. The molecule has 0 bridgehead atoms. The van der Waals surface area contributed by atoms with Gasteiger partial charge in [0.05, 0.1) is 18.7 Å². The summed E-state index contributed by atoms with van der Waals surface area (Å²) in [5.74, 6) is 0.0530. The number of hydrogen-bond acceptors (Lipinski definition) is 4. The molecule has 0 aliphatic carbocycles. The minimum atomic E-state index is -0.970. The number of hydrogen-bond donors (Lipinski definition) is 1. The number of aromatic nitrogens is 2. The van der Waals surface area contributed by atoms with Crippen LogP contribution in [-0.4, -0.2) is 44.4 Å². The molecule has 1 aromatic heterocycles. The molecule has 0 saturated carbocycles. The maximum atomic E-state index is 12.8. The molecule has 0 spiro atoms. The predicted octanol–water partition coefficient (Wildman–Crippen LogP) is 1.17. The van der Waals surface area contributed by atoms with Gasteiger partial charge in [-0.05, 0) is 44.6 Å². The number of amides is 2. The van der Waals surface area contributed by atoms with Crippen LogP contribution in [0.4, 0.5) is 0 Å². The fourth-order valence-electron chi connectivity index (χ4n) is 2.89. The van der Waals surface area contributed by atoms with Crippen molar-refractivity contribution in [2.75, 3.05) is 6.54 Å². The lowest BCUT2D eigenvalue weighted by atomic mass is 9.90. The van der Waals surface area contributed by atoms with Gasteiger partial charge in [-0.3, -0.25) is 14.3 Å². The molecule has 3 rings (SSSR count). The molecular weight excluding hydrogens is 306 g/mol. The molecule has 1 aromatic rings. The molecule has 2 amide bonds. The van der Waals surface area contributed by atoms with Crippen molar-refractivity contribution >= 4 is 17.6 Å². The van der Waals surface area contributed by atoms with Crippen LogP contribution in [0.15, 0.2) is 41.2 Å². The SMILES string of the molecule is CC1=CC2=NC(=O)CC(C)(C(=O)NCCn3ccc(C)n3)N2C=C1. The predicted molar refractivity (Wildman–Crippen MR) is 90.2 cm³/mol. The molecule has 0 radical (unpaired) electrons. The molecule has 0 saturated heterocycles. The van der Waals surface area contributed by atoms with Gasteiger partial charge in [0.25, 0.3) is 5.91 Å². The van der Waals surface area contributed by atoms with Crippen LogP contribution in [0.2, 0.25) is 0 Å². The molecular formula is C17H21N5O2. The Kier molecular flexibility index (Phi) is 4.09. The third-order valence-corrected chi connectivity index (χ3v) is 4.25. The van der Waals surface area contributed by atoms with Gasteiger partial charge in [0, 0.05) is 18.9 Å². The monoisotopic (exact) mass is 327 g/mol. The van der Waals surface area contributed by atoms with E-state index < -0.39 is 5.54 Å². The maximum absolute atomic E-state index is 12.8. The van der Waals surface area contributed by atoms with E-state index in [0.717, 1.165) is 11.3 Å². The van der Waals surface area contributed by atoms with Gasteiger partial charge in [-0.2, -0.15) is 10.1 Å². The van der Waals surface area contributed by atoms with Crippen molar-refractivity contribution in [1.82, 2.24) is 20.0 Å². The second-order valence-electron chi connectivity index (χ2n) is 6.36. The van der Waals surface area contributed by atoms with Crippen LogP contribution in [0, 0.1) is 6.92 Å². The van der Waals surface area contributed by atoms with Crippen LogP contribution in [-0.2, 0) is 16.1 Å². The first-order chi connectivity index (χ1) is 11.4. The summed E-state index contributed by atoms with van der Waals surface area (Å²) in [4.78, 5) is 30.6. The van der Waals surface area contributed by atoms with Gasteiger partial charge in [0.2, 0.25) is 5.91 Å². The quantitative estimate of drug-likeness (QED) is 0.900. The Bertz CT molecular complexity index is 774. The average Bonchev–Trinajstić information content (AvgIpc) is 2.91. The lowest BCUT2D eigenvalue weighted by Crippen LogP contribution is -2.60. The molecule has 3 heterocycles. The van der Waals surface area contributed by atoms with Crippen molar-refractivity contribution in [1.29, 1.82) is 0 Å². The summed E-state index contributed by atoms with van der Waals surface area (Å²) in [5, 5.41) is 7.20. The Balaban J connectivity index is 1.70. The van der Waals surface area contributed by atoms with Crippen molar-refractivity contribution in [3.8, 4) is 0 Å². The third kappa shape index (κ3) is 3.02. The molecule has 1 atom stereocenters. The lowest BCUT2D eigenvalue weighted by molar-refractivity contribution is -0.134. The zero-order valence-corrected chi connectivity index (χ0v) is 14.1. The van der Waals surface area contributed by atoms with Crippen LogP contribution in [0.1, 0.15) is 26.0 Å². The van der Waals surface area contributed by atoms with E-state index in [1.165, 1.54) is 0 Å². The first kappa shape index (κ1) is 16.2. The third-order valence-electron chi connectivity index (χ3n) is 4.25. The van der Waals surface area contributed by atoms with E-state index in [0.29, 0.717) is 18.9 Å². The summed E-state index contributed by atoms with van der Waals surface area (Å²) in [6.07, 6.45) is 7.47. The van der Waals surface area contributed by atoms with E-state index in [2.05, 4.69) is 15.4 Å². The second kappa shape index (κ2) is 6.07. The van der Waals surface area contributed by atoms with E-state index in [-0.39, 0.29) is 18.2 Å². The van der Waals surface area contributed by atoms with E-state index in [1.54, 1.807) is 16.5 Å². The Hall–Kier alpha value is -2.70. The largest absolute Gasteiger partial charge is 0.352 e. The van der Waals surface area contributed by atoms with Gasteiger partial charge in [-0.15, -0.1) is 0 Å². The molecule has 126 valence electrons. The number of fused-ring (bicyclic) bond motifs is 1. The summed E-state index contributed by atoms with van der Waals surface area (Å²) in [7, 11) is 0. The highest BCUT2D eigenvalue weighted by molar-refractivity contribution is 6.09. The fraction of sp³-hybridized carbons (Fsp3) is 0.412. The number of rotatable bonds is 4. The van der Waals surface area contributed by atoms with Crippen molar-refractivity contribution in [2.45, 2.75) is 39.3 Å². The molecule has 2 aliphatic heterocycles. The molecule has 7 nitrogen and oxygen atoms in total. The number of allylic oxidation sites excluding steroid dienone is 2. The topological polar surface area (TPSA) is 79.6 Å². The molecule has 2 aliphatic rings. The Morgan fingerprint density at radius 2 is 2.21 bits per heavy atom. The molecule has 0 aromatic carbocycles. The first-order valence-corrected chi connectivity index (χ1v) is 7.94. The number of aliphatic imine (C=N–C) groups is 1. The summed E-state index contributed by atoms with van der Waals surface area (Å²) >= 11 is 0. The number of nitrogens with zero attached hydrogens (tertiary/aromatic N) is 4. The van der Waals surface area contributed by atoms with Gasteiger partial charge in [-0.25, -0.2) is 0 Å². The smallest absolute Gasteiger partial charge is 0.250 e. The number of nitrogens with one attached hydrogen (secondary N) is 1. The Morgan fingerprint density at radius 1 is 1.42 bits per heavy atom. The molecule has 1 N–H and O–H groups in total. The maximum Gasteiger partial charge on any atom is 0.250 e. The zero-order valence-electron chi connectivity index (χ0n) is 14.1. The van der Waals surface area contributed by atoms with Gasteiger partial charge in [0.1, 0.15) is 11.4 Å². The number of amidine groups is 1. The molecule has 24 heavy (non-hydrogen) atoms. The van der Waals surface area contributed by atoms with Gasteiger partial charge in [0.15, 0.2) is 0 Å². The van der Waals surface area contributed by atoms with Crippen molar-refractivity contribution in [2.24, 2.45) is 4.99 Å². The summed E-state index contributed by atoms with van der Waals surface area (Å²) in [5.41, 5.74) is 0.964. The van der Waals surface area contributed by atoms with Crippen LogP contribution in [0.3, 0.4) is 0 Å². The number of aryl methyl sites for hydroxylation is 1. The van der Waals surface area contributed by atoms with Crippen LogP contribution < -0.4 is 5.32 Å². The van der Waals surface area contributed by atoms with Gasteiger partial charge in [-0.1, -0.05) is 0 Å². The molecule has 1 unspecified atom stereocenters. The Labute approximate surface area is 140 Å². The van der Waals surface area contributed by atoms with E-state index in [9.17, 15) is 9.59 Å². The highest BCUT2D eigenvalue weighted by Gasteiger charge is 2.45. The van der Waals surface area contributed by atoms with E-state index >= 15 is 0 Å². The van der Waals surface area contributed by atoms with Crippen LogP contribution >= 0.6 is 0 Å². The highest BCUT2D eigenvalue weighted by Crippen LogP contribution is 2.29. The summed E-state index contributed by atoms with van der Waals surface area (Å²) in [6, 6.07) is 1.92. The number of carbonyl (C=O) groups excluding carboxylic acids is 2. The average molecular weight is 327 g/mol. The zero-order chi connectivity index (χ0) is 17.3. The summed E-state index contributed by atoms with van der Waals surface area (Å²) < 4.78 is 1.78. The van der Waals surface area contributed by atoms with E-state index in [4.69, 9.17) is 0 Å². The fourth-order valence-corrected chi connectivity index (χ4v) is 2.89. The molecule has 0 fully saturated rings. The van der Waals surface area contributed by atoms with Crippen molar-refractivity contribution < 1.29 is 9.59 Å². The minimum Gasteiger partial charge on any atom is -0.352 e. The first-order valence-electron chi connectivity index (χ1n) is 7.94.